The van der Waals surface area contributed by atoms with Crippen LogP contribution >= 0.6 is 15.9 Å². The average molecular weight is 283 g/mol. The van der Waals surface area contributed by atoms with Crippen molar-refractivity contribution >= 4 is 27.5 Å². The summed E-state index contributed by atoms with van der Waals surface area (Å²) in [4.78, 5) is 11.3. The van der Waals surface area contributed by atoms with Gasteiger partial charge in [0, 0.05) is 4.47 Å². The molecule has 0 bridgehead atoms. The van der Waals surface area contributed by atoms with E-state index >= 15 is 0 Å². The predicted octanol–water partition coefficient (Wildman–Crippen LogP) is 1.84. The highest BCUT2D eigenvalue weighted by molar-refractivity contribution is 9.10. The normalized spacial score (nSPS) is 19.5. The van der Waals surface area contributed by atoms with Crippen molar-refractivity contribution in [1.82, 2.24) is 5.43 Å². The number of carbonyl (C=O) groups excluding carboxylic acids is 1. The van der Waals surface area contributed by atoms with Gasteiger partial charge in [-0.2, -0.15) is 5.10 Å². The lowest BCUT2D eigenvalue weighted by atomic mass is 10.2. The number of nitrogens with one attached hydrogen (secondary N) is 1. The maximum Gasteiger partial charge on any atom is 0.275 e. The van der Waals surface area contributed by atoms with E-state index in [-0.39, 0.29) is 5.91 Å². The van der Waals surface area contributed by atoms with E-state index < -0.39 is 6.10 Å². The first-order valence-electron chi connectivity index (χ1n) is 4.87. The largest absolute Gasteiger partial charge is 0.358 e. The van der Waals surface area contributed by atoms with Crippen molar-refractivity contribution in [2.45, 2.75) is 19.6 Å². The van der Waals surface area contributed by atoms with Crippen LogP contribution in [-0.4, -0.2) is 17.7 Å². The van der Waals surface area contributed by atoms with Crippen molar-refractivity contribution in [3.8, 4) is 0 Å². The molecule has 1 aliphatic heterocycles. The maximum atomic E-state index is 11.3. The van der Waals surface area contributed by atoms with E-state index in [2.05, 4.69) is 26.5 Å². The van der Waals surface area contributed by atoms with E-state index in [0.29, 0.717) is 12.3 Å². The third-order valence-corrected chi connectivity index (χ3v) is 2.76. The molecule has 0 saturated heterocycles. The zero-order valence-electron chi connectivity index (χ0n) is 8.74. The lowest BCUT2D eigenvalue weighted by molar-refractivity contribution is -0.128. The molecule has 1 aromatic rings. The first-order valence-corrected chi connectivity index (χ1v) is 5.66. The number of hydrazone groups is 1. The van der Waals surface area contributed by atoms with Gasteiger partial charge in [0.15, 0.2) is 6.10 Å². The van der Waals surface area contributed by atoms with Gasteiger partial charge in [-0.1, -0.05) is 28.1 Å². The fourth-order valence-electron chi connectivity index (χ4n) is 1.45. The van der Waals surface area contributed by atoms with Gasteiger partial charge in [-0.05, 0) is 24.6 Å². The summed E-state index contributed by atoms with van der Waals surface area (Å²) < 4.78 is 6.50. The van der Waals surface area contributed by atoms with Gasteiger partial charge in [0.2, 0.25) is 0 Å². The number of amides is 1. The van der Waals surface area contributed by atoms with Crippen molar-refractivity contribution in [3.05, 3.63) is 34.3 Å². The van der Waals surface area contributed by atoms with Gasteiger partial charge < -0.3 is 4.74 Å². The van der Waals surface area contributed by atoms with Crippen LogP contribution in [0.3, 0.4) is 0 Å². The Balaban J connectivity index is 1.97. The number of rotatable bonds is 3. The molecule has 1 amide bonds. The van der Waals surface area contributed by atoms with Crippen LogP contribution in [-0.2, 0) is 16.1 Å². The molecule has 1 atom stereocenters. The summed E-state index contributed by atoms with van der Waals surface area (Å²) in [7, 11) is 0. The second kappa shape index (κ2) is 4.76. The van der Waals surface area contributed by atoms with Crippen molar-refractivity contribution in [3.63, 3.8) is 0 Å². The minimum atomic E-state index is -0.556. The van der Waals surface area contributed by atoms with Crippen LogP contribution in [0.1, 0.15) is 12.5 Å². The van der Waals surface area contributed by atoms with Crippen LogP contribution in [0.15, 0.2) is 33.8 Å². The molecule has 84 valence electrons. The molecular formula is C11H11BrN2O2. The van der Waals surface area contributed by atoms with E-state index in [1.807, 2.05) is 24.3 Å². The zero-order chi connectivity index (χ0) is 11.5. The van der Waals surface area contributed by atoms with E-state index in [1.165, 1.54) is 0 Å². The molecule has 1 N–H and O–H groups in total. The molecular weight excluding hydrogens is 272 g/mol. The van der Waals surface area contributed by atoms with Crippen LogP contribution in [0, 0.1) is 0 Å². The Morgan fingerprint density at radius 1 is 1.56 bits per heavy atom. The molecule has 0 spiro atoms. The summed E-state index contributed by atoms with van der Waals surface area (Å²) in [6.07, 6.45) is -0.556. The molecule has 0 saturated carbocycles. The molecule has 5 heteroatoms. The summed E-state index contributed by atoms with van der Waals surface area (Å²) in [5.74, 6) is -0.201. The lowest BCUT2D eigenvalue weighted by Gasteiger charge is -2.09. The van der Waals surface area contributed by atoms with Crippen LogP contribution < -0.4 is 5.43 Å². The Morgan fingerprint density at radius 2 is 2.38 bits per heavy atom. The van der Waals surface area contributed by atoms with Gasteiger partial charge >= 0.3 is 0 Å². The van der Waals surface area contributed by atoms with Crippen LogP contribution in [0.5, 0.6) is 0 Å². The third-order valence-electron chi connectivity index (χ3n) is 2.27. The average Bonchev–Trinajstić information content (AvgIpc) is 2.56. The standard InChI is InChI=1S/C11H11BrN2O2/c1-7-10(11(15)14-13-7)16-6-8-3-2-4-9(12)5-8/h2-5,10H,6H2,1H3,(H,14,15). The van der Waals surface area contributed by atoms with Gasteiger partial charge in [-0.25, -0.2) is 5.43 Å². The van der Waals surface area contributed by atoms with Crippen molar-refractivity contribution in [2.24, 2.45) is 5.10 Å². The zero-order valence-corrected chi connectivity index (χ0v) is 10.3. The SMILES string of the molecule is CC1=NNC(=O)C1OCc1cccc(Br)c1. The number of nitrogens with zero attached hydrogens (tertiary/aromatic N) is 1. The molecule has 1 unspecified atom stereocenters. The van der Waals surface area contributed by atoms with E-state index in [0.717, 1.165) is 10.0 Å². The number of hydrogen-bond donors (Lipinski definition) is 1. The first kappa shape index (κ1) is 11.3. The molecule has 1 aromatic carbocycles. The molecule has 0 radical (unpaired) electrons. The lowest BCUT2D eigenvalue weighted by Crippen LogP contribution is -2.30. The molecule has 1 heterocycles. The molecule has 4 nitrogen and oxygen atoms in total. The summed E-state index contributed by atoms with van der Waals surface area (Å²) >= 11 is 3.38. The Bertz CT molecular complexity index is 445. The maximum absolute atomic E-state index is 11.3. The molecule has 16 heavy (non-hydrogen) atoms. The van der Waals surface area contributed by atoms with Crippen molar-refractivity contribution < 1.29 is 9.53 Å². The van der Waals surface area contributed by atoms with E-state index in [1.54, 1.807) is 6.92 Å². The fraction of sp³-hybridized carbons (Fsp3) is 0.273. The number of benzene rings is 1. The predicted molar refractivity (Wildman–Crippen MR) is 64.0 cm³/mol. The van der Waals surface area contributed by atoms with E-state index in [9.17, 15) is 4.79 Å². The van der Waals surface area contributed by atoms with Crippen molar-refractivity contribution in [2.75, 3.05) is 0 Å². The van der Waals surface area contributed by atoms with Crippen LogP contribution in [0.2, 0.25) is 0 Å². The molecule has 0 fully saturated rings. The quantitative estimate of drug-likeness (QED) is 0.920. The van der Waals surface area contributed by atoms with E-state index in [4.69, 9.17) is 4.74 Å². The Labute approximate surface area is 102 Å². The third kappa shape index (κ3) is 2.48. The number of halogens is 1. The summed E-state index contributed by atoms with van der Waals surface area (Å²) in [6, 6.07) is 7.78. The second-order valence-corrected chi connectivity index (χ2v) is 4.47. The topological polar surface area (TPSA) is 50.7 Å². The number of carbonyl (C=O) groups is 1. The second-order valence-electron chi connectivity index (χ2n) is 3.55. The van der Waals surface area contributed by atoms with Gasteiger partial charge in [0.05, 0.1) is 12.3 Å². The molecule has 1 aliphatic rings. The smallest absolute Gasteiger partial charge is 0.275 e. The number of hydrogen-bond acceptors (Lipinski definition) is 3. The molecule has 2 rings (SSSR count). The minimum Gasteiger partial charge on any atom is -0.358 e. The molecule has 0 aromatic heterocycles. The van der Waals surface area contributed by atoms with Crippen molar-refractivity contribution in [1.29, 1.82) is 0 Å². The number of ether oxygens (including phenoxy) is 1. The summed E-state index contributed by atoms with van der Waals surface area (Å²) in [5, 5.41) is 3.81. The van der Waals surface area contributed by atoms with Gasteiger partial charge in [0.1, 0.15) is 0 Å². The highest BCUT2D eigenvalue weighted by Crippen LogP contribution is 2.14. The molecule has 0 aliphatic carbocycles. The Morgan fingerprint density at radius 3 is 3.00 bits per heavy atom. The summed E-state index contributed by atoms with van der Waals surface area (Å²) in [6.45, 7) is 2.16. The first-order chi connectivity index (χ1) is 7.66. The Hall–Kier alpha value is -1.20. The highest BCUT2D eigenvalue weighted by Gasteiger charge is 2.27. The van der Waals surface area contributed by atoms with Gasteiger partial charge in [-0.15, -0.1) is 0 Å². The van der Waals surface area contributed by atoms with Crippen LogP contribution in [0.4, 0.5) is 0 Å². The monoisotopic (exact) mass is 282 g/mol. The highest BCUT2D eigenvalue weighted by atomic mass is 79.9. The fourth-order valence-corrected chi connectivity index (χ4v) is 1.90. The minimum absolute atomic E-state index is 0.201. The van der Waals surface area contributed by atoms with Crippen LogP contribution in [0.25, 0.3) is 0 Å². The van der Waals surface area contributed by atoms with Gasteiger partial charge in [0.25, 0.3) is 5.91 Å². The summed E-state index contributed by atoms with van der Waals surface area (Å²) in [5.41, 5.74) is 4.06. The van der Waals surface area contributed by atoms with Gasteiger partial charge in [-0.3, -0.25) is 4.79 Å². The Kier molecular flexibility index (Phi) is 3.36.